The third kappa shape index (κ3) is 10.9. The first kappa shape index (κ1) is 33.3. The monoisotopic (exact) mass is 528 g/mol. The van der Waals surface area contributed by atoms with Crippen LogP contribution in [0.15, 0.2) is 79.3 Å². The average molecular weight is 529 g/mol. The summed E-state index contributed by atoms with van der Waals surface area (Å²) >= 11 is 0. The van der Waals surface area contributed by atoms with Gasteiger partial charge in [0, 0.05) is 30.7 Å². The predicted molar refractivity (Wildman–Crippen MR) is 168 cm³/mol. The summed E-state index contributed by atoms with van der Waals surface area (Å²) < 4.78 is 1.93. The number of allylic oxidation sites excluding steroid dienone is 1. The zero-order valence-electron chi connectivity index (χ0n) is 25.2. The standard InChI is InChI=1S/C16H26N2.C14H10N2O.2C2H6/c1-5-6-7-13(2)10-17-12-15(4)16-9-8-14(3)11-18-16;17-10-12-14(11-6-2-1-3-7-11)16-9-5-4-8-13(16)15-12;2*1-2/h8-9,11-13,17H,5-7,10H2,1-4H3;1-10H;2*1-2H3/b15-12+;;;. The Hall–Kier alpha value is -3.73. The zero-order chi connectivity index (χ0) is 29.0. The maximum absolute atomic E-state index is 11.1. The number of carbonyl (C=O) groups is 1. The van der Waals surface area contributed by atoms with Gasteiger partial charge in [0.1, 0.15) is 11.3 Å². The van der Waals surface area contributed by atoms with E-state index in [0.29, 0.717) is 5.69 Å². The normalized spacial score (nSPS) is 11.1. The number of nitrogens with zero attached hydrogens (tertiary/aromatic N) is 3. The van der Waals surface area contributed by atoms with Gasteiger partial charge < -0.3 is 5.32 Å². The summed E-state index contributed by atoms with van der Waals surface area (Å²) in [5.41, 5.74) is 6.54. The van der Waals surface area contributed by atoms with Crippen molar-refractivity contribution in [3.63, 3.8) is 0 Å². The van der Waals surface area contributed by atoms with Crippen LogP contribution in [0.2, 0.25) is 0 Å². The number of imidazole rings is 1. The topological polar surface area (TPSA) is 59.3 Å². The van der Waals surface area contributed by atoms with Gasteiger partial charge in [-0.1, -0.05) is 96.8 Å². The molecule has 4 rings (SSSR count). The maximum Gasteiger partial charge on any atom is 0.170 e. The molecule has 5 heteroatoms. The molecule has 4 aromatic rings. The van der Waals surface area contributed by atoms with Crippen molar-refractivity contribution < 1.29 is 4.79 Å². The number of rotatable bonds is 9. The number of aromatic nitrogens is 3. The minimum atomic E-state index is 0.474. The van der Waals surface area contributed by atoms with Crippen LogP contribution >= 0.6 is 0 Å². The molecular formula is C34H48N4O. The fraction of sp³-hybridized carbons (Fsp3) is 0.382. The molecule has 1 aromatic carbocycles. The Labute approximate surface area is 236 Å². The van der Waals surface area contributed by atoms with Crippen LogP contribution in [0, 0.1) is 12.8 Å². The number of benzene rings is 1. The Morgan fingerprint density at radius 3 is 2.31 bits per heavy atom. The highest BCUT2D eigenvalue weighted by Crippen LogP contribution is 2.23. The molecule has 39 heavy (non-hydrogen) atoms. The summed E-state index contributed by atoms with van der Waals surface area (Å²) in [6.45, 7) is 17.7. The van der Waals surface area contributed by atoms with Gasteiger partial charge in [-0.3, -0.25) is 14.2 Å². The Kier molecular flexibility index (Phi) is 16.5. The molecular weight excluding hydrogens is 480 g/mol. The minimum Gasteiger partial charge on any atom is -0.390 e. The Balaban J connectivity index is 0.000000346. The van der Waals surface area contributed by atoms with Crippen molar-refractivity contribution in [2.75, 3.05) is 6.54 Å². The summed E-state index contributed by atoms with van der Waals surface area (Å²) in [7, 11) is 0. The van der Waals surface area contributed by atoms with Crippen LogP contribution in [0.5, 0.6) is 0 Å². The van der Waals surface area contributed by atoms with E-state index in [1.165, 1.54) is 30.4 Å². The summed E-state index contributed by atoms with van der Waals surface area (Å²) in [6.07, 6.45) is 10.6. The van der Waals surface area contributed by atoms with Crippen molar-refractivity contribution in [1.82, 2.24) is 19.7 Å². The number of hydrogen-bond donors (Lipinski definition) is 1. The molecule has 0 aliphatic heterocycles. The highest BCUT2D eigenvalue weighted by atomic mass is 16.1. The molecule has 0 spiro atoms. The van der Waals surface area contributed by atoms with Crippen LogP contribution in [0.3, 0.4) is 0 Å². The summed E-state index contributed by atoms with van der Waals surface area (Å²) in [5.74, 6) is 0.736. The SMILES string of the molecule is CC.CC.CCCCC(C)CN/C=C(\C)c1ccc(C)cn1.O=Cc1nc2ccccn2c1-c1ccccc1. The molecule has 1 N–H and O–H groups in total. The fourth-order valence-electron chi connectivity index (χ4n) is 3.82. The molecule has 0 amide bonds. The van der Waals surface area contributed by atoms with Crippen LogP contribution in [0.1, 0.15) is 89.5 Å². The van der Waals surface area contributed by atoms with E-state index in [9.17, 15) is 4.79 Å². The molecule has 0 aliphatic rings. The van der Waals surface area contributed by atoms with E-state index in [4.69, 9.17) is 0 Å². The first-order valence-electron chi connectivity index (χ1n) is 14.3. The number of nitrogens with one attached hydrogen (secondary N) is 1. The molecule has 0 saturated heterocycles. The van der Waals surface area contributed by atoms with Crippen LogP contribution in [0.4, 0.5) is 0 Å². The van der Waals surface area contributed by atoms with E-state index in [2.05, 4.69) is 61.3 Å². The van der Waals surface area contributed by atoms with Crippen LogP contribution in [-0.2, 0) is 0 Å². The second-order valence-corrected chi connectivity index (χ2v) is 8.96. The summed E-state index contributed by atoms with van der Waals surface area (Å²) in [4.78, 5) is 19.8. The molecule has 0 saturated carbocycles. The van der Waals surface area contributed by atoms with E-state index >= 15 is 0 Å². The van der Waals surface area contributed by atoms with Crippen molar-refractivity contribution in [3.05, 3.63) is 96.2 Å². The molecule has 1 unspecified atom stereocenters. The molecule has 3 heterocycles. The quantitative estimate of drug-likeness (QED) is 0.220. The second-order valence-electron chi connectivity index (χ2n) is 8.96. The maximum atomic E-state index is 11.1. The summed E-state index contributed by atoms with van der Waals surface area (Å²) in [6, 6.07) is 19.7. The van der Waals surface area contributed by atoms with E-state index in [0.717, 1.165) is 41.3 Å². The van der Waals surface area contributed by atoms with Gasteiger partial charge in [0.2, 0.25) is 0 Å². The van der Waals surface area contributed by atoms with Gasteiger partial charge in [-0.25, -0.2) is 4.98 Å². The molecule has 3 aromatic heterocycles. The molecule has 0 bridgehead atoms. The number of fused-ring (bicyclic) bond motifs is 1. The highest BCUT2D eigenvalue weighted by Gasteiger charge is 2.12. The minimum absolute atomic E-state index is 0.474. The lowest BCUT2D eigenvalue weighted by atomic mass is 10.0. The smallest absolute Gasteiger partial charge is 0.170 e. The number of unbranched alkanes of at least 4 members (excludes halogenated alkanes) is 1. The van der Waals surface area contributed by atoms with Crippen LogP contribution < -0.4 is 5.32 Å². The van der Waals surface area contributed by atoms with Crippen molar-refractivity contribution in [2.24, 2.45) is 5.92 Å². The number of pyridine rings is 2. The van der Waals surface area contributed by atoms with Crippen molar-refractivity contribution in [1.29, 1.82) is 0 Å². The fourth-order valence-corrected chi connectivity index (χ4v) is 3.82. The number of carbonyl (C=O) groups excluding carboxylic acids is 1. The van der Waals surface area contributed by atoms with Crippen molar-refractivity contribution >= 4 is 17.5 Å². The zero-order valence-corrected chi connectivity index (χ0v) is 25.2. The molecule has 0 radical (unpaired) electrons. The average Bonchev–Trinajstić information content (AvgIpc) is 3.38. The van der Waals surface area contributed by atoms with E-state index < -0.39 is 0 Å². The molecule has 5 nitrogen and oxygen atoms in total. The van der Waals surface area contributed by atoms with Crippen LogP contribution in [-0.4, -0.2) is 27.2 Å². The third-order valence-corrected chi connectivity index (χ3v) is 5.87. The molecule has 0 aliphatic carbocycles. The lowest BCUT2D eigenvalue weighted by Gasteiger charge is -2.11. The highest BCUT2D eigenvalue weighted by molar-refractivity contribution is 5.86. The first-order chi connectivity index (χ1) is 19.0. The lowest BCUT2D eigenvalue weighted by Crippen LogP contribution is -2.15. The second kappa shape index (κ2) is 19.4. The molecule has 1 atom stereocenters. The van der Waals surface area contributed by atoms with Gasteiger partial charge in [0.15, 0.2) is 6.29 Å². The van der Waals surface area contributed by atoms with Gasteiger partial charge in [-0.15, -0.1) is 0 Å². The van der Waals surface area contributed by atoms with Gasteiger partial charge in [-0.05, 0) is 55.5 Å². The van der Waals surface area contributed by atoms with Crippen LogP contribution in [0.25, 0.3) is 22.5 Å². The Morgan fingerprint density at radius 1 is 1.00 bits per heavy atom. The summed E-state index contributed by atoms with van der Waals surface area (Å²) in [5, 5.41) is 3.40. The van der Waals surface area contributed by atoms with Gasteiger partial charge in [-0.2, -0.15) is 0 Å². The Morgan fingerprint density at radius 2 is 1.69 bits per heavy atom. The molecule has 0 fully saturated rings. The van der Waals surface area contributed by atoms with Gasteiger partial charge in [0.25, 0.3) is 0 Å². The lowest BCUT2D eigenvalue weighted by molar-refractivity contribution is 0.112. The van der Waals surface area contributed by atoms with Gasteiger partial charge >= 0.3 is 0 Å². The largest absolute Gasteiger partial charge is 0.390 e. The number of hydrogen-bond acceptors (Lipinski definition) is 4. The third-order valence-electron chi connectivity index (χ3n) is 5.87. The van der Waals surface area contributed by atoms with E-state index in [1.807, 2.05) is 93.0 Å². The van der Waals surface area contributed by atoms with E-state index in [1.54, 1.807) is 0 Å². The first-order valence-corrected chi connectivity index (χ1v) is 14.3. The van der Waals surface area contributed by atoms with E-state index in [-0.39, 0.29) is 0 Å². The van der Waals surface area contributed by atoms with Crippen molar-refractivity contribution in [3.8, 4) is 11.3 Å². The van der Waals surface area contributed by atoms with Gasteiger partial charge in [0.05, 0.1) is 11.4 Å². The Bertz CT molecular complexity index is 1230. The number of aldehydes is 1. The predicted octanol–water partition coefficient (Wildman–Crippen LogP) is 9.03. The van der Waals surface area contributed by atoms with Crippen molar-refractivity contribution in [2.45, 2.75) is 74.7 Å². The number of aryl methyl sites for hydroxylation is 1. The molecule has 210 valence electrons.